The van der Waals surface area contributed by atoms with Crippen molar-refractivity contribution in [2.75, 3.05) is 6.54 Å². The summed E-state index contributed by atoms with van der Waals surface area (Å²) in [6, 6.07) is 6.16. The fraction of sp³-hybridized carbons (Fsp3) is 0.519. The van der Waals surface area contributed by atoms with Crippen molar-refractivity contribution in [3.8, 4) is 11.8 Å². The number of hydrogen-bond acceptors (Lipinski definition) is 7. The van der Waals surface area contributed by atoms with Crippen molar-refractivity contribution in [3.63, 3.8) is 0 Å². The minimum Gasteiger partial charge on any atom is -0.507 e. The number of amides is 3. The minimum absolute atomic E-state index is 0.0937. The molecule has 0 unspecified atom stereocenters. The molecular weight excluding hydrogens is 490 g/mol. The van der Waals surface area contributed by atoms with Crippen LogP contribution in [-0.4, -0.2) is 57.7 Å². The minimum atomic E-state index is -0.957. The van der Waals surface area contributed by atoms with Crippen LogP contribution in [0.4, 0.5) is 4.79 Å². The number of nitrogens with zero attached hydrogens (tertiary/aromatic N) is 2. The van der Waals surface area contributed by atoms with E-state index in [1.165, 1.54) is 12.1 Å². The molecule has 38 heavy (non-hydrogen) atoms. The SMILES string of the molecule is CC(C)(C)OC(=O)n1c(C(=O)N[C@@H](CC2CC2)C(=O)N[C@H](C#N)C[C@@H]2CCNC2=O)cc2c(O)cccc21. The first-order valence-electron chi connectivity index (χ1n) is 12.8. The Bertz CT molecular complexity index is 1300. The molecule has 4 N–H and O–H groups in total. The van der Waals surface area contributed by atoms with E-state index in [0.717, 1.165) is 17.4 Å². The van der Waals surface area contributed by atoms with Gasteiger partial charge in [0.1, 0.15) is 29.1 Å². The molecule has 0 spiro atoms. The van der Waals surface area contributed by atoms with Crippen LogP contribution in [0.5, 0.6) is 5.75 Å². The first kappa shape index (κ1) is 27.0. The van der Waals surface area contributed by atoms with Crippen LogP contribution in [0.15, 0.2) is 24.3 Å². The lowest BCUT2D eigenvalue weighted by molar-refractivity contribution is -0.125. The molecule has 0 bridgehead atoms. The number of fused-ring (bicyclic) bond motifs is 1. The monoisotopic (exact) mass is 523 g/mol. The van der Waals surface area contributed by atoms with Crippen molar-refractivity contribution in [1.82, 2.24) is 20.5 Å². The molecule has 4 rings (SSSR count). The number of phenols is 1. The van der Waals surface area contributed by atoms with Gasteiger partial charge < -0.3 is 25.8 Å². The van der Waals surface area contributed by atoms with E-state index >= 15 is 0 Å². The molecule has 2 heterocycles. The molecular formula is C27H33N5O6. The first-order valence-corrected chi connectivity index (χ1v) is 12.8. The smallest absolute Gasteiger partial charge is 0.419 e. The maximum Gasteiger partial charge on any atom is 0.419 e. The molecule has 1 saturated heterocycles. The van der Waals surface area contributed by atoms with Gasteiger partial charge in [0.05, 0.1) is 11.6 Å². The summed E-state index contributed by atoms with van der Waals surface area (Å²) in [4.78, 5) is 51.7. The molecule has 0 radical (unpaired) electrons. The number of phenolic OH excluding ortho intramolecular Hbond substituents is 1. The molecule has 2 aromatic rings. The van der Waals surface area contributed by atoms with Crippen molar-refractivity contribution in [3.05, 3.63) is 30.0 Å². The maximum absolute atomic E-state index is 13.5. The van der Waals surface area contributed by atoms with Gasteiger partial charge in [0.15, 0.2) is 0 Å². The third-order valence-corrected chi connectivity index (χ3v) is 6.67. The Morgan fingerprint density at radius 2 is 1.95 bits per heavy atom. The second-order valence-corrected chi connectivity index (χ2v) is 11.0. The molecule has 1 aromatic carbocycles. The average molecular weight is 524 g/mol. The van der Waals surface area contributed by atoms with Gasteiger partial charge in [-0.2, -0.15) is 5.26 Å². The number of rotatable bonds is 8. The van der Waals surface area contributed by atoms with Crippen molar-refractivity contribution < 1.29 is 29.0 Å². The number of nitrogens with one attached hydrogen (secondary N) is 3. The van der Waals surface area contributed by atoms with Crippen molar-refractivity contribution in [2.24, 2.45) is 11.8 Å². The van der Waals surface area contributed by atoms with Crippen LogP contribution in [0.1, 0.15) is 63.4 Å². The molecule has 1 aliphatic carbocycles. The third-order valence-electron chi connectivity index (χ3n) is 6.67. The van der Waals surface area contributed by atoms with E-state index in [-0.39, 0.29) is 46.5 Å². The number of aromatic nitrogens is 1. The summed E-state index contributed by atoms with van der Waals surface area (Å²) in [5.74, 6) is -1.57. The topological polar surface area (TPSA) is 163 Å². The van der Waals surface area contributed by atoms with Gasteiger partial charge in [-0.3, -0.25) is 14.4 Å². The Balaban J connectivity index is 1.57. The van der Waals surface area contributed by atoms with E-state index in [2.05, 4.69) is 16.0 Å². The number of hydrogen-bond donors (Lipinski definition) is 4. The van der Waals surface area contributed by atoms with Crippen LogP contribution in [-0.2, 0) is 14.3 Å². The quantitative estimate of drug-likeness (QED) is 0.413. The van der Waals surface area contributed by atoms with Gasteiger partial charge in [-0.1, -0.05) is 18.9 Å². The normalized spacial score (nSPS) is 18.8. The molecule has 1 aromatic heterocycles. The summed E-state index contributed by atoms with van der Waals surface area (Å²) in [5, 5.41) is 28.3. The van der Waals surface area contributed by atoms with Gasteiger partial charge >= 0.3 is 6.09 Å². The van der Waals surface area contributed by atoms with E-state index < -0.39 is 35.6 Å². The van der Waals surface area contributed by atoms with Crippen LogP contribution in [0.3, 0.4) is 0 Å². The molecule has 3 atom stereocenters. The van der Waals surface area contributed by atoms with E-state index in [1.54, 1.807) is 32.9 Å². The van der Waals surface area contributed by atoms with Crippen LogP contribution >= 0.6 is 0 Å². The van der Waals surface area contributed by atoms with E-state index in [0.29, 0.717) is 19.4 Å². The number of nitriles is 1. The number of aromatic hydroxyl groups is 1. The number of ether oxygens (including phenoxy) is 1. The average Bonchev–Trinajstić information content (AvgIpc) is 3.42. The Labute approximate surface area is 220 Å². The second kappa shape index (κ2) is 10.7. The van der Waals surface area contributed by atoms with Crippen molar-refractivity contribution in [2.45, 2.75) is 70.6 Å². The fourth-order valence-corrected chi connectivity index (χ4v) is 4.61. The van der Waals surface area contributed by atoms with Gasteiger partial charge in [-0.25, -0.2) is 9.36 Å². The summed E-state index contributed by atoms with van der Waals surface area (Å²) in [6.45, 7) is 5.64. The summed E-state index contributed by atoms with van der Waals surface area (Å²) in [5.41, 5.74) is -0.648. The highest BCUT2D eigenvalue weighted by atomic mass is 16.6. The highest BCUT2D eigenvalue weighted by Gasteiger charge is 2.34. The molecule has 2 aliphatic rings. The zero-order valence-corrected chi connectivity index (χ0v) is 21.7. The van der Waals surface area contributed by atoms with Crippen molar-refractivity contribution in [1.29, 1.82) is 5.26 Å². The Morgan fingerprint density at radius 3 is 2.55 bits per heavy atom. The number of carbonyl (C=O) groups is 4. The summed E-state index contributed by atoms with van der Waals surface area (Å²) in [6.07, 6.45) is 2.20. The van der Waals surface area contributed by atoms with Gasteiger partial charge in [0.2, 0.25) is 11.8 Å². The zero-order chi connectivity index (χ0) is 27.6. The molecule has 1 saturated carbocycles. The third kappa shape index (κ3) is 6.25. The van der Waals surface area contributed by atoms with Gasteiger partial charge in [-0.05, 0) is 64.2 Å². The van der Waals surface area contributed by atoms with Gasteiger partial charge in [0, 0.05) is 17.8 Å². The fourth-order valence-electron chi connectivity index (χ4n) is 4.61. The number of benzene rings is 1. The molecule has 11 nitrogen and oxygen atoms in total. The molecule has 11 heteroatoms. The summed E-state index contributed by atoms with van der Waals surface area (Å²) < 4.78 is 6.58. The zero-order valence-electron chi connectivity index (χ0n) is 21.7. The lowest BCUT2D eigenvalue weighted by Crippen LogP contribution is -2.50. The molecule has 2 fully saturated rings. The van der Waals surface area contributed by atoms with Crippen LogP contribution in [0, 0.1) is 23.2 Å². The Hall–Kier alpha value is -4.07. The predicted molar refractivity (Wildman–Crippen MR) is 137 cm³/mol. The highest BCUT2D eigenvalue weighted by Crippen LogP contribution is 2.34. The van der Waals surface area contributed by atoms with E-state index in [1.807, 2.05) is 6.07 Å². The lowest BCUT2D eigenvalue weighted by atomic mass is 9.98. The Morgan fingerprint density at radius 1 is 1.21 bits per heavy atom. The molecule has 1 aliphatic heterocycles. The van der Waals surface area contributed by atoms with Crippen LogP contribution in [0.2, 0.25) is 0 Å². The first-order chi connectivity index (χ1) is 18.0. The largest absolute Gasteiger partial charge is 0.507 e. The molecule has 3 amide bonds. The van der Waals surface area contributed by atoms with E-state index in [9.17, 15) is 29.5 Å². The van der Waals surface area contributed by atoms with Gasteiger partial charge in [-0.15, -0.1) is 0 Å². The van der Waals surface area contributed by atoms with Crippen LogP contribution < -0.4 is 16.0 Å². The summed E-state index contributed by atoms with van der Waals surface area (Å²) in [7, 11) is 0. The Kier molecular flexibility index (Phi) is 7.62. The second-order valence-electron chi connectivity index (χ2n) is 11.0. The maximum atomic E-state index is 13.5. The molecule has 202 valence electrons. The highest BCUT2D eigenvalue weighted by molar-refractivity contribution is 6.06. The predicted octanol–water partition coefficient (Wildman–Crippen LogP) is 2.56. The number of carbonyl (C=O) groups excluding carboxylic acids is 4. The summed E-state index contributed by atoms with van der Waals surface area (Å²) >= 11 is 0. The van der Waals surface area contributed by atoms with Gasteiger partial charge in [0.25, 0.3) is 5.91 Å². The van der Waals surface area contributed by atoms with E-state index in [4.69, 9.17) is 4.74 Å². The van der Waals surface area contributed by atoms with Crippen LogP contribution in [0.25, 0.3) is 10.9 Å². The standard InChI is InChI=1S/C27H33N5O6/c1-27(2,3)38-26(37)32-20-5-4-6-22(33)18(20)13-21(32)25(36)31-19(11-15-7-8-15)24(35)30-17(14-28)12-16-9-10-29-23(16)34/h4-6,13,15-17,19,33H,7-12H2,1-3H3,(H,29,34)(H,30,35)(H,31,36)/t16-,17-,19-/m0/s1. The lowest BCUT2D eigenvalue weighted by Gasteiger charge is -2.23. The van der Waals surface area contributed by atoms with Crippen molar-refractivity contribution >= 4 is 34.7 Å².